The second-order valence-corrected chi connectivity index (χ2v) is 8.05. The van der Waals surface area contributed by atoms with Crippen LogP contribution in [0.15, 0.2) is 39.0 Å². The van der Waals surface area contributed by atoms with Crippen LogP contribution < -0.4 is 21.6 Å². The molecule has 0 amide bonds. The van der Waals surface area contributed by atoms with Crippen LogP contribution in [0, 0.1) is 0 Å². The third kappa shape index (κ3) is 3.66. The lowest BCUT2D eigenvalue weighted by Gasteiger charge is -2.25. The fourth-order valence-corrected chi connectivity index (χ4v) is 4.27. The van der Waals surface area contributed by atoms with Gasteiger partial charge in [-0.15, -0.1) is 0 Å². The zero-order valence-electron chi connectivity index (χ0n) is 16.8. The second-order valence-electron chi connectivity index (χ2n) is 8.05. The van der Waals surface area contributed by atoms with Gasteiger partial charge in [0.25, 0.3) is 5.56 Å². The van der Waals surface area contributed by atoms with Gasteiger partial charge in [0.2, 0.25) is 5.88 Å². The molecule has 0 radical (unpaired) electrons. The molecule has 1 aromatic heterocycles. The van der Waals surface area contributed by atoms with E-state index in [4.69, 9.17) is 0 Å². The van der Waals surface area contributed by atoms with Gasteiger partial charge in [0, 0.05) is 32.2 Å². The Hall–Kier alpha value is -3.03. The third-order valence-corrected chi connectivity index (χ3v) is 5.91. The lowest BCUT2D eigenvalue weighted by Crippen LogP contribution is -2.36. The van der Waals surface area contributed by atoms with Gasteiger partial charge in [-0.25, -0.2) is 4.79 Å². The first-order valence-corrected chi connectivity index (χ1v) is 10.1. The molecule has 8 heteroatoms. The van der Waals surface area contributed by atoms with E-state index in [1.54, 1.807) is 0 Å². The summed E-state index contributed by atoms with van der Waals surface area (Å²) >= 11 is 0. The van der Waals surface area contributed by atoms with E-state index < -0.39 is 11.2 Å². The van der Waals surface area contributed by atoms with Crippen LogP contribution in [0.4, 0.5) is 5.69 Å². The van der Waals surface area contributed by atoms with Crippen molar-refractivity contribution in [2.45, 2.75) is 50.6 Å². The first kappa shape index (κ1) is 19.3. The Morgan fingerprint density at radius 2 is 1.79 bits per heavy atom. The first-order chi connectivity index (χ1) is 14.0. The molecule has 0 spiro atoms. The van der Waals surface area contributed by atoms with E-state index in [2.05, 4.69) is 15.5 Å². The molecule has 1 unspecified atom stereocenters. The van der Waals surface area contributed by atoms with E-state index >= 15 is 0 Å². The van der Waals surface area contributed by atoms with Gasteiger partial charge in [-0.2, -0.15) is 5.10 Å². The molecule has 1 saturated carbocycles. The van der Waals surface area contributed by atoms with Gasteiger partial charge in [-0.3, -0.25) is 14.3 Å². The quantitative estimate of drug-likeness (QED) is 0.734. The van der Waals surface area contributed by atoms with Gasteiger partial charge in [-0.1, -0.05) is 31.4 Å². The summed E-state index contributed by atoms with van der Waals surface area (Å²) in [6, 6.07) is 7.94. The monoisotopic (exact) mass is 397 g/mol. The molecule has 1 aliphatic carbocycles. The van der Waals surface area contributed by atoms with Crippen LogP contribution >= 0.6 is 0 Å². The van der Waals surface area contributed by atoms with Crippen molar-refractivity contribution < 1.29 is 5.11 Å². The van der Waals surface area contributed by atoms with Crippen molar-refractivity contribution in [3.05, 3.63) is 56.2 Å². The fraction of sp³-hybridized carbons (Fsp3) is 0.476. The summed E-state index contributed by atoms with van der Waals surface area (Å²) in [6.07, 6.45) is 5.26. The number of aromatic amines is 1. The highest BCUT2D eigenvalue weighted by molar-refractivity contribution is 6.03. The van der Waals surface area contributed by atoms with E-state index in [1.165, 1.54) is 4.57 Å². The van der Waals surface area contributed by atoms with Crippen molar-refractivity contribution >= 4 is 11.4 Å². The van der Waals surface area contributed by atoms with Gasteiger partial charge >= 0.3 is 5.69 Å². The van der Waals surface area contributed by atoms with Gasteiger partial charge in [0.15, 0.2) is 0 Å². The number of aromatic nitrogens is 2. The van der Waals surface area contributed by atoms with Gasteiger partial charge in [0.05, 0.1) is 11.8 Å². The average Bonchev–Trinajstić information content (AvgIpc) is 3.18. The first-order valence-electron chi connectivity index (χ1n) is 10.1. The molecular weight excluding hydrogens is 370 g/mol. The molecule has 8 nitrogen and oxygen atoms in total. The van der Waals surface area contributed by atoms with Gasteiger partial charge in [-0.05, 0) is 30.5 Å². The summed E-state index contributed by atoms with van der Waals surface area (Å²) < 4.78 is 1.34. The summed E-state index contributed by atoms with van der Waals surface area (Å²) in [4.78, 5) is 29.3. The number of hydrogen-bond donors (Lipinski definition) is 3. The van der Waals surface area contributed by atoms with Crippen molar-refractivity contribution in [2.24, 2.45) is 5.10 Å². The Kier molecular flexibility index (Phi) is 5.17. The highest BCUT2D eigenvalue weighted by atomic mass is 16.3. The second kappa shape index (κ2) is 7.77. The molecule has 1 fully saturated rings. The molecule has 0 saturated heterocycles. The van der Waals surface area contributed by atoms with E-state index in [0.717, 1.165) is 43.4 Å². The Bertz CT molecular complexity index is 1030. The van der Waals surface area contributed by atoms with Crippen LogP contribution in [-0.4, -0.2) is 34.5 Å². The Labute approximate surface area is 168 Å². The maximum absolute atomic E-state index is 12.5. The SMILES string of the molecule is CN(C)c1ccc(C2CC(c3c(O)n(C4CCCCC4)c(=O)[nH]c3=O)=NN2)cc1. The number of rotatable bonds is 4. The van der Waals surface area contributed by atoms with Gasteiger partial charge in [0.1, 0.15) is 5.56 Å². The minimum atomic E-state index is -0.594. The summed E-state index contributed by atoms with van der Waals surface area (Å²) in [5, 5.41) is 15.2. The van der Waals surface area contributed by atoms with E-state index in [1.807, 2.05) is 43.3 Å². The minimum Gasteiger partial charge on any atom is -0.494 e. The van der Waals surface area contributed by atoms with Crippen LogP contribution in [0.5, 0.6) is 5.88 Å². The van der Waals surface area contributed by atoms with Crippen LogP contribution in [-0.2, 0) is 0 Å². The van der Waals surface area contributed by atoms with E-state index in [-0.39, 0.29) is 23.5 Å². The average molecular weight is 397 g/mol. The summed E-state index contributed by atoms with van der Waals surface area (Å²) in [5.74, 6) is -0.269. The number of nitrogens with one attached hydrogen (secondary N) is 2. The number of aromatic hydroxyl groups is 1. The number of hydrazone groups is 1. The normalized spacial score (nSPS) is 19.7. The topological polar surface area (TPSA) is 103 Å². The Morgan fingerprint density at radius 1 is 1.10 bits per heavy atom. The summed E-state index contributed by atoms with van der Waals surface area (Å²) in [7, 11) is 3.97. The maximum atomic E-state index is 12.5. The number of anilines is 1. The molecule has 2 heterocycles. The molecule has 2 aromatic rings. The lowest BCUT2D eigenvalue weighted by molar-refractivity contribution is 0.298. The van der Waals surface area contributed by atoms with Crippen LogP contribution in [0.1, 0.15) is 61.7 Å². The third-order valence-electron chi connectivity index (χ3n) is 5.91. The van der Waals surface area contributed by atoms with Crippen molar-refractivity contribution in [1.29, 1.82) is 0 Å². The molecule has 1 aromatic carbocycles. The van der Waals surface area contributed by atoms with Crippen LogP contribution in [0.3, 0.4) is 0 Å². The minimum absolute atomic E-state index is 0.0869. The Balaban J connectivity index is 1.62. The molecule has 2 aliphatic rings. The van der Waals surface area contributed by atoms with Crippen molar-refractivity contribution in [3.63, 3.8) is 0 Å². The largest absolute Gasteiger partial charge is 0.494 e. The van der Waals surface area contributed by atoms with Crippen molar-refractivity contribution in [2.75, 3.05) is 19.0 Å². The predicted molar refractivity (Wildman–Crippen MR) is 113 cm³/mol. The van der Waals surface area contributed by atoms with Crippen molar-refractivity contribution in [3.8, 4) is 5.88 Å². The molecule has 1 atom stereocenters. The molecule has 3 N–H and O–H groups in total. The number of benzene rings is 1. The molecule has 0 bridgehead atoms. The molecular formula is C21H27N5O3. The van der Waals surface area contributed by atoms with Gasteiger partial charge < -0.3 is 15.4 Å². The fourth-order valence-electron chi connectivity index (χ4n) is 4.27. The standard InChI is InChI=1S/C21H27N5O3/c1-25(2)14-10-8-13(9-11-14)16-12-17(24-23-16)18-19(27)22-21(29)26(20(18)28)15-6-4-3-5-7-15/h8-11,15-16,23,28H,3-7,12H2,1-2H3,(H,22,27,29). The predicted octanol–water partition coefficient (Wildman–Crippen LogP) is 2.25. The smallest absolute Gasteiger partial charge is 0.331 e. The maximum Gasteiger partial charge on any atom is 0.331 e. The summed E-state index contributed by atoms with van der Waals surface area (Å²) in [6.45, 7) is 0. The lowest BCUT2D eigenvalue weighted by atomic mass is 9.95. The Morgan fingerprint density at radius 3 is 2.45 bits per heavy atom. The molecule has 1 aliphatic heterocycles. The molecule has 4 rings (SSSR count). The van der Waals surface area contributed by atoms with Crippen LogP contribution in [0.2, 0.25) is 0 Å². The molecule has 29 heavy (non-hydrogen) atoms. The zero-order chi connectivity index (χ0) is 20.5. The number of nitrogens with zero attached hydrogens (tertiary/aromatic N) is 3. The molecule has 154 valence electrons. The van der Waals surface area contributed by atoms with Crippen molar-refractivity contribution in [1.82, 2.24) is 15.0 Å². The number of hydrogen-bond acceptors (Lipinski definition) is 6. The van der Waals surface area contributed by atoms with Crippen LogP contribution in [0.25, 0.3) is 0 Å². The zero-order valence-corrected chi connectivity index (χ0v) is 16.8. The highest BCUT2D eigenvalue weighted by Crippen LogP contribution is 2.32. The number of H-pyrrole nitrogens is 1. The summed E-state index contributed by atoms with van der Waals surface area (Å²) in [5.41, 5.74) is 4.62. The van der Waals surface area contributed by atoms with E-state index in [9.17, 15) is 14.7 Å². The van der Waals surface area contributed by atoms with E-state index in [0.29, 0.717) is 12.1 Å². The highest BCUT2D eigenvalue weighted by Gasteiger charge is 2.29.